The number of nitrogens with zero attached hydrogens (tertiary/aromatic N) is 1. The van der Waals surface area contributed by atoms with Gasteiger partial charge in [0.2, 0.25) is 0 Å². The molecule has 0 unspecified atom stereocenters. The van der Waals surface area contributed by atoms with Crippen LogP contribution < -0.4 is 14.2 Å². The minimum absolute atomic E-state index is 0.176. The summed E-state index contributed by atoms with van der Waals surface area (Å²) in [6.45, 7) is 5.90. The summed E-state index contributed by atoms with van der Waals surface area (Å²) in [4.78, 5) is 15.9. The lowest BCUT2D eigenvalue weighted by molar-refractivity contribution is -0.131. The number of ether oxygens (including phenoxy) is 4. The predicted molar refractivity (Wildman–Crippen MR) is 119 cm³/mol. The third kappa shape index (κ3) is 5.82. The van der Waals surface area contributed by atoms with E-state index in [1.165, 1.54) is 20.1 Å². The van der Waals surface area contributed by atoms with E-state index in [2.05, 4.69) is 4.98 Å². The van der Waals surface area contributed by atoms with E-state index in [1.54, 1.807) is 36.4 Å². The Morgan fingerprint density at radius 2 is 1.88 bits per heavy atom. The highest BCUT2D eigenvalue weighted by Gasteiger charge is 2.18. The van der Waals surface area contributed by atoms with Crippen molar-refractivity contribution < 1.29 is 28.1 Å². The Labute approximate surface area is 186 Å². The minimum atomic E-state index is -0.489. The van der Waals surface area contributed by atoms with Gasteiger partial charge >= 0.3 is 5.97 Å². The third-order valence-electron chi connectivity index (χ3n) is 4.70. The highest BCUT2D eigenvalue weighted by Crippen LogP contribution is 2.29. The van der Waals surface area contributed by atoms with Crippen LogP contribution in [0, 0.1) is 12.7 Å². The second-order valence-corrected chi connectivity index (χ2v) is 7.08. The summed E-state index contributed by atoms with van der Waals surface area (Å²) in [7, 11) is 1.42. The van der Waals surface area contributed by atoms with Gasteiger partial charge in [-0.2, -0.15) is 0 Å². The number of rotatable bonds is 9. The Kier molecular flexibility index (Phi) is 7.78. The number of pyridine rings is 1. The highest BCUT2D eigenvalue weighted by atomic mass is 19.1. The maximum Gasteiger partial charge on any atom is 0.308 e. The summed E-state index contributed by atoms with van der Waals surface area (Å²) in [5, 5.41) is 0. The number of hydrogen-bond acceptors (Lipinski definition) is 6. The van der Waals surface area contributed by atoms with Gasteiger partial charge < -0.3 is 18.9 Å². The zero-order chi connectivity index (χ0) is 23.1. The Morgan fingerprint density at radius 1 is 1.09 bits per heavy atom. The zero-order valence-corrected chi connectivity index (χ0v) is 18.6. The van der Waals surface area contributed by atoms with E-state index < -0.39 is 11.9 Å². The molecule has 7 heteroatoms. The molecule has 0 bridgehead atoms. The number of methoxy groups -OCH3 is 1. The van der Waals surface area contributed by atoms with Gasteiger partial charge in [0.1, 0.15) is 11.5 Å². The fourth-order valence-electron chi connectivity index (χ4n) is 3.15. The van der Waals surface area contributed by atoms with Crippen molar-refractivity contribution in [2.24, 2.45) is 0 Å². The summed E-state index contributed by atoms with van der Waals surface area (Å²) in [5.41, 5.74) is 2.65. The molecule has 2 aromatic carbocycles. The van der Waals surface area contributed by atoms with Crippen LogP contribution in [0.15, 0.2) is 54.6 Å². The van der Waals surface area contributed by atoms with Crippen molar-refractivity contribution in [3.05, 3.63) is 71.7 Å². The third-order valence-corrected chi connectivity index (χ3v) is 4.70. The summed E-state index contributed by atoms with van der Waals surface area (Å²) >= 11 is 0. The van der Waals surface area contributed by atoms with E-state index in [4.69, 9.17) is 18.9 Å². The van der Waals surface area contributed by atoms with E-state index in [1.807, 2.05) is 26.0 Å². The lowest BCUT2D eigenvalue weighted by Gasteiger charge is -2.20. The molecule has 3 aromatic rings. The van der Waals surface area contributed by atoms with E-state index in [9.17, 15) is 9.18 Å². The lowest BCUT2D eigenvalue weighted by Crippen LogP contribution is -2.16. The van der Waals surface area contributed by atoms with Crippen molar-refractivity contribution in [1.29, 1.82) is 0 Å². The van der Waals surface area contributed by atoms with Gasteiger partial charge in [-0.15, -0.1) is 0 Å². The van der Waals surface area contributed by atoms with E-state index >= 15 is 0 Å². The van der Waals surface area contributed by atoms with Crippen molar-refractivity contribution in [2.75, 3.05) is 20.3 Å². The lowest BCUT2D eigenvalue weighted by atomic mass is 10.1. The smallest absolute Gasteiger partial charge is 0.308 e. The molecule has 0 fully saturated rings. The molecule has 0 aliphatic rings. The van der Waals surface area contributed by atoms with Gasteiger partial charge in [-0.05, 0) is 67.9 Å². The number of benzene rings is 2. The Balaban J connectivity index is 1.88. The van der Waals surface area contributed by atoms with E-state index in [0.717, 1.165) is 5.56 Å². The molecule has 0 radical (unpaired) electrons. The molecule has 32 heavy (non-hydrogen) atoms. The Hall–Kier alpha value is -3.45. The SMILES string of the molecule is CCOC[C@@H](Oc1ccc(OC(C)=O)c(C)c1)c1cccc(-c2ccc(OC)c(F)c2)n1. The molecular weight excluding hydrogens is 413 g/mol. The normalized spacial score (nSPS) is 11.7. The van der Waals surface area contributed by atoms with Crippen molar-refractivity contribution in [3.63, 3.8) is 0 Å². The van der Waals surface area contributed by atoms with Gasteiger partial charge in [-0.1, -0.05) is 6.07 Å². The number of aryl methyl sites for hydroxylation is 1. The van der Waals surface area contributed by atoms with Crippen LogP contribution in [-0.2, 0) is 9.53 Å². The average molecular weight is 439 g/mol. The van der Waals surface area contributed by atoms with E-state index in [-0.39, 0.29) is 18.3 Å². The van der Waals surface area contributed by atoms with Crippen molar-refractivity contribution in [1.82, 2.24) is 4.98 Å². The average Bonchev–Trinajstić information content (AvgIpc) is 2.78. The summed E-state index contributed by atoms with van der Waals surface area (Å²) in [6.07, 6.45) is -0.489. The summed E-state index contributed by atoms with van der Waals surface area (Å²) in [6, 6.07) is 15.4. The molecule has 0 saturated heterocycles. The van der Waals surface area contributed by atoms with Crippen LogP contribution >= 0.6 is 0 Å². The van der Waals surface area contributed by atoms with Gasteiger partial charge in [0.25, 0.3) is 0 Å². The van der Waals surface area contributed by atoms with Gasteiger partial charge in [-0.25, -0.2) is 9.37 Å². The number of hydrogen-bond donors (Lipinski definition) is 0. The topological polar surface area (TPSA) is 66.9 Å². The number of carbonyl (C=O) groups is 1. The van der Waals surface area contributed by atoms with Crippen LogP contribution in [0.2, 0.25) is 0 Å². The van der Waals surface area contributed by atoms with E-state index in [0.29, 0.717) is 35.1 Å². The van der Waals surface area contributed by atoms with Crippen molar-refractivity contribution >= 4 is 5.97 Å². The molecular formula is C25H26FNO5. The van der Waals surface area contributed by atoms with Gasteiger partial charge in [-0.3, -0.25) is 4.79 Å². The summed E-state index contributed by atoms with van der Waals surface area (Å²) in [5.74, 6) is 0.406. The predicted octanol–water partition coefficient (Wildman–Crippen LogP) is 5.29. The fourth-order valence-corrected chi connectivity index (χ4v) is 3.15. The van der Waals surface area contributed by atoms with Crippen LogP contribution in [0.1, 0.15) is 31.2 Å². The largest absolute Gasteiger partial charge is 0.494 e. The molecule has 0 amide bonds. The number of carbonyl (C=O) groups excluding carboxylic acids is 1. The Morgan fingerprint density at radius 3 is 2.53 bits per heavy atom. The molecule has 6 nitrogen and oxygen atoms in total. The number of esters is 1. The van der Waals surface area contributed by atoms with Crippen LogP contribution in [0.5, 0.6) is 17.2 Å². The number of halogens is 1. The first-order valence-corrected chi connectivity index (χ1v) is 10.3. The molecule has 1 atom stereocenters. The minimum Gasteiger partial charge on any atom is -0.494 e. The maximum atomic E-state index is 14.2. The molecule has 1 heterocycles. The zero-order valence-electron chi connectivity index (χ0n) is 18.6. The maximum absolute atomic E-state index is 14.2. The first-order chi connectivity index (χ1) is 15.4. The highest BCUT2D eigenvalue weighted by molar-refractivity contribution is 5.70. The fraction of sp³-hybridized carbons (Fsp3) is 0.280. The molecule has 0 spiro atoms. The van der Waals surface area contributed by atoms with Crippen molar-refractivity contribution in [2.45, 2.75) is 26.9 Å². The number of aromatic nitrogens is 1. The first kappa shape index (κ1) is 23.2. The monoisotopic (exact) mass is 439 g/mol. The van der Waals surface area contributed by atoms with Crippen LogP contribution in [0.4, 0.5) is 4.39 Å². The molecule has 0 N–H and O–H groups in total. The second-order valence-electron chi connectivity index (χ2n) is 7.08. The van der Waals surface area contributed by atoms with Crippen LogP contribution in [0.3, 0.4) is 0 Å². The molecule has 1 aromatic heterocycles. The summed E-state index contributed by atoms with van der Waals surface area (Å²) < 4.78 is 36.1. The molecule has 0 aliphatic heterocycles. The standard InChI is InChI=1S/C25H26FNO5/c1-5-30-15-25(32-19-10-12-23(16(2)13-19)31-17(3)28)22-8-6-7-21(27-22)18-9-11-24(29-4)20(26)14-18/h6-14,25H,5,15H2,1-4H3/t25-/m1/s1. The molecule has 0 aliphatic carbocycles. The van der Waals surface area contributed by atoms with Crippen molar-refractivity contribution in [3.8, 4) is 28.5 Å². The van der Waals surface area contributed by atoms with Gasteiger partial charge in [0.05, 0.1) is 25.1 Å². The second kappa shape index (κ2) is 10.7. The van der Waals surface area contributed by atoms with Crippen LogP contribution in [-0.4, -0.2) is 31.3 Å². The van der Waals surface area contributed by atoms with Gasteiger partial charge in [0.15, 0.2) is 17.7 Å². The van der Waals surface area contributed by atoms with Crippen LogP contribution in [0.25, 0.3) is 11.3 Å². The van der Waals surface area contributed by atoms with Gasteiger partial charge in [0, 0.05) is 19.1 Å². The molecule has 168 valence electrons. The molecule has 3 rings (SSSR count). The first-order valence-electron chi connectivity index (χ1n) is 10.3. The molecule has 0 saturated carbocycles. The Bertz CT molecular complexity index is 1090. The quantitative estimate of drug-likeness (QED) is 0.334.